The first-order valence-electron chi connectivity index (χ1n) is 6.60. The van der Waals surface area contributed by atoms with Crippen molar-refractivity contribution in [2.24, 2.45) is 0 Å². The predicted molar refractivity (Wildman–Crippen MR) is 78.6 cm³/mol. The van der Waals surface area contributed by atoms with Gasteiger partial charge in [-0.1, -0.05) is 11.6 Å². The summed E-state index contributed by atoms with van der Waals surface area (Å²) in [5, 5.41) is 10.9. The lowest BCUT2D eigenvalue weighted by Gasteiger charge is -2.41. The van der Waals surface area contributed by atoms with E-state index in [0.29, 0.717) is 13.1 Å². The van der Waals surface area contributed by atoms with Crippen molar-refractivity contribution in [2.45, 2.75) is 32.5 Å². The SMILES string of the molecule is CC1CN(C(=O)c2ccc(Cl)c([N+](=O)[O-])c2)CC(C)(C)O1. The van der Waals surface area contributed by atoms with Gasteiger partial charge in [-0.25, -0.2) is 0 Å². The molecule has 2 rings (SSSR count). The van der Waals surface area contributed by atoms with Gasteiger partial charge in [-0.05, 0) is 32.9 Å². The molecule has 1 atom stereocenters. The van der Waals surface area contributed by atoms with E-state index in [-0.39, 0.29) is 28.3 Å². The minimum Gasteiger partial charge on any atom is -0.369 e. The topological polar surface area (TPSA) is 72.7 Å². The first kappa shape index (κ1) is 15.7. The summed E-state index contributed by atoms with van der Waals surface area (Å²) in [6.45, 7) is 6.61. The van der Waals surface area contributed by atoms with E-state index in [0.717, 1.165) is 0 Å². The molecule has 1 amide bonds. The van der Waals surface area contributed by atoms with E-state index in [4.69, 9.17) is 16.3 Å². The summed E-state index contributed by atoms with van der Waals surface area (Å²) in [5.74, 6) is -0.252. The number of nitrogens with zero attached hydrogens (tertiary/aromatic N) is 2. The maximum absolute atomic E-state index is 12.5. The van der Waals surface area contributed by atoms with Gasteiger partial charge in [0, 0.05) is 24.7 Å². The highest BCUT2D eigenvalue weighted by Gasteiger charge is 2.34. The second-order valence-electron chi connectivity index (χ2n) is 5.80. The third-order valence-electron chi connectivity index (χ3n) is 3.25. The summed E-state index contributed by atoms with van der Waals surface area (Å²) in [6, 6.07) is 4.10. The van der Waals surface area contributed by atoms with Gasteiger partial charge in [0.15, 0.2) is 0 Å². The number of rotatable bonds is 2. The number of morpholine rings is 1. The lowest BCUT2D eigenvalue weighted by molar-refractivity contribution is -0.384. The van der Waals surface area contributed by atoms with Crippen LogP contribution in [0.5, 0.6) is 0 Å². The number of benzene rings is 1. The zero-order valence-corrected chi connectivity index (χ0v) is 12.9. The number of amides is 1. The molecule has 0 saturated carbocycles. The molecule has 0 N–H and O–H groups in total. The molecule has 1 unspecified atom stereocenters. The standard InChI is InChI=1S/C14H17ClN2O4/c1-9-7-16(8-14(2,3)21-9)13(18)10-4-5-11(15)12(6-10)17(19)20/h4-6,9H,7-8H2,1-3H3. The quantitative estimate of drug-likeness (QED) is 0.621. The van der Waals surface area contributed by atoms with Crippen LogP contribution >= 0.6 is 11.6 Å². The molecule has 0 aromatic heterocycles. The van der Waals surface area contributed by atoms with E-state index in [1.807, 2.05) is 20.8 Å². The van der Waals surface area contributed by atoms with Gasteiger partial charge < -0.3 is 9.64 Å². The number of halogens is 1. The van der Waals surface area contributed by atoms with Crippen LogP contribution in [-0.4, -0.2) is 40.5 Å². The van der Waals surface area contributed by atoms with Gasteiger partial charge in [0.1, 0.15) is 5.02 Å². The summed E-state index contributed by atoms with van der Waals surface area (Å²) in [7, 11) is 0. The lowest BCUT2D eigenvalue weighted by atomic mass is 10.0. The predicted octanol–water partition coefficient (Wildman–Crippen LogP) is 2.89. The Morgan fingerprint density at radius 2 is 2.19 bits per heavy atom. The molecule has 1 saturated heterocycles. The van der Waals surface area contributed by atoms with Crippen molar-refractivity contribution in [1.29, 1.82) is 0 Å². The number of ether oxygens (including phenoxy) is 1. The molecule has 1 aromatic rings. The molecular weight excluding hydrogens is 296 g/mol. The maximum Gasteiger partial charge on any atom is 0.288 e. The van der Waals surface area contributed by atoms with Crippen molar-refractivity contribution in [3.8, 4) is 0 Å². The highest BCUT2D eigenvalue weighted by atomic mass is 35.5. The largest absolute Gasteiger partial charge is 0.369 e. The molecule has 6 nitrogen and oxygen atoms in total. The molecule has 1 heterocycles. The first-order valence-corrected chi connectivity index (χ1v) is 6.98. The molecule has 0 bridgehead atoms. The van der Waals surface area contributed by atoms with Gasteiger partial charge in [0.05, 0.1) is 16.6 Å². The highest BCUT2D eigenvalue weighted by Crippen LogP contribution is 2.27. The average Bonchev–Trinajstić information content (AvgIpc) is 2.35. The molecule has 114 valence electrons. The molecule has 0 spiro atoms. The number of hydrogen-bond acceptors (Lipinski definition) is 4. The fraction of sp³-hybridized carbons (Fsp3) is 0.500. The summed E-state index contributed by atoms with van der Waals surface area (Å²) in [6.07, 6.45) is -0.0833. The lowest BCUT2D eigenvalue weighted by Crippen LogP contribution is -2.53. The van der Waals surface area contributed by atoms with Gasteiger partial charge in [-0.15, -0.1) is 0 Å². The summed E-state index contributed by atoms with van der Waals surface area (Å²) >= 11 is 5.76. The monoisotopic (exact) mass is 312 g/mol. The summed E-state index contributed by atoms with van der Waals surface area (Å²) < 4.78 is 5.75. The number of nitro benzene ring substituents is 1. The van der Waals surface area contributed by atoms with E-state index in [1.165, 1.54) is 18.2 Å². The van der Waals surface area contributed by atoms with Crippen molar-refractivity contribution in [2.75, 3.05) is 13.1 Å². The van der Waals surface area contributed by atoms with Crippen LogP contribution in [0.25, 0.3) is 0 Å². The van der Waals surface area contributed by atoms with Gasteiger partial charge >= 0.3 is 0 Å². The van der Waals surface area contributed by atoms with Gasteiger partial charge in [-0.2, -0.15) is 0 Å². The average molecular weight is 313 g/mol. The Morgan fingerprint density at radius 3 is 2.76 bits per heavy atom. The Balaban J connectivity index is 2.28. The number of carbonyl (C=O) groups is 1. The highest BCUT2D eigenvalue weighted by molar-refractivity contribution is 6.32. The number of carbonyl (C=O) groups excluding carboxylic acids is 1. The molecule has 1 aromatic carbocycles. The zero-order chi connectivity index (χ0) is 15.8. The Hall–Kier alpha value is -1.66. The number of nitro groups is 1. The van der Waals surface area contributed by atoms with Crippen molar-refractivity contribution in [1.82, 2.24) is 4.90 Å². The smallest absolute Gasteiger partial charge is 0.288 e. The normalized spacial score (nSPS) is 21.1. The Bertz CT molecular complexity index is 588. The van der Waals surface area contributed by atoms with Crippen LogP contribution in [-0.2, 0) is 4.74 Å². The van der Waals surface area contributed by atoms with Crippen LogP contribution in [0.3, 0.4) is 0 Å². The Kier molecular flexibility index (Phi) is 4.20. The first-order chi connectivity index (χ1) is 9.69. The molecule has 7 heteroatoms. The van der Waals surface area contributed by atoms with Crippen LogP contribution in [0, 0.1) is 10.1 Å². The van der Waals surface area contributed by atoms with Crippen LogP contribution in [0.15, 0.2) is 18.2 Å². The van der Waals surface area contributed by atoms with E-state index < -0.39 is 10.5 Å². The molecule has 1 fully saturated rings. The number of hydrogen-bond donors (Lipinski definition) is 0. The third-order valence-corrected chi connectivity index (χ3v) is 3.57. The summed E-state index contributed by atoms with van der Waals surface area (Å²) in [5.41, 5.74) is -0.440. The van der Waals surface area contributed by atoms with Crippen molar-refractivity contribution in [3.05, 3.63) is 38.9 Å². The van der Waals surface area contributed by atoms with E-state index in [1.54, 1.807) is 4.90 Å². The third kappa shape index (κ3) is 3.51. The Morgan fingerprint density at radius 1 is 1.52 bits per heavy atom. The van der Waals surface area contributed by atoms with Crippen LogP contribution in [0.4, 0.5) is 5.69 Å². The molecule has 21 heavy (non-hydrogen) atoms. The molecular formula is C14H17ClN2O4. The van der Waals surface area contributed by atoms with E-state index in [9.17, 15) is 14.9 Å². The molecule has 1 aliphatic rings. The van der Waals surface area contributed by atoms with E-state index in [2.05, 4.69) is 0 Å². The van der Waals surface area contributed by atoms with Crippen molar-refractivity contribution < 1.29 is 14.5 Å². The second kappa shape index (κ2) is 5.61. The van der Waals surface area contributed by atoms with Crippen molar-refractivity contribution >= 4 is 23.2 Å². The zero-order valence-electron chi connectivity index (χ0n) is 12.1. The van der Waals surface area contributed by atoms with Gasteiger partial charge in [0.25, 0.3) is 11.6 Å². The van der Waals surface area contributed by atoms with Crippen LogP contribution in [0.1, 0.15) is 31.1 Å². The second-order valence-corrected chi connectivity index (χ2v) is 6.20. The maximum atomic E-state index is 12.5. The minimum atomic E-state index is -0.592. The van der Waals surface area contributed by atoms with Gasteiger partial charge in [0.2, 0.25) is 0 Å². The fourth-order valence-corrected chi connectivity index (χ4v) is 2.76. The Labute approximate surface area is 127 Å². The summed E-state index contributed by atoms with van der Waals surface area (Å²) in [4.78, 5) is 24.5. The van der Waals surface area contributed by atoms with E-state index >= 15 is 0 Å². The minimum absolute atomic E-state index is 0.0206. The molecule has 1 aliphatic heterocycles. The molecule has 0 radical (unpaired) electrons. The fourth-order valence-electron chi connectivity index (χ4n) is 2.58. The van der Waals surface area contributed by atoms with Gasteiger partial charge in [-0.3, -0.25) is 14.9 Å². The van der Waals surface area contributed by atoms with Crippen molar-refractivity contribution in [3.63, 3.8) is 0 Å². The van der Waals surface area contributed by atoms with Crippen LogP contribution in [0.2, 0.25) is 5.02 Å². The molecule has 0 aliphatic carbocycles. The van der Waals surface area contributed by atoms with Crippen LogP contribution < -0.4 is 0 Å².